The van der Waals surface area contributed by atoms with E-state index in [4.69, 9.17) is 0 Å². The van der Waals surface area contributed by atoms with E-state index >= 15 is 0 Å². The van der Waals surface area contributed by atoms with Crippen LogP contribution in [0.1, 0.15) is 31.2 Å². The van der Waals surface area contributed by atoms with E-state index in [1.165, 1.54) is 55.8 Å². The zero-order valence-electron chi connectivity index (χ0n) is 12.5. The number of hydrogen-bond acceptors (Lipinski definition) is 3. The van der Waals surface area contributed by atoms with Crippen LogP contribution in [-0.4, -0.2) is 36.8 Å². The maximum atomic E-state index is 3.55. The Morgan fingerprint density at radius 3 is 2.60 bits per heavy atom. The lowest BCUT2D eigenvalue weighted by molar-refractivity contribution is 0.193. The fourth-order valence-corrected chi connectivity index (χ4v) is 3.57. The second kappa shape index (κ2) is 6.97. The highest BCUT2D eigenvalue weighted by atomic mass is 32.2. The first-order valence-electron chi connectivity index (χ1n) is 7.93. The number of nitrogens with zero attached hydrogens (tertiary/aromatic N) is 1. The summed E-state index contributed by atoms with van der Waals surface area (Å²) in [6.45, 7) is 4.85. The second-order valence-electron chi connectivity index (χ2n) is 6.22. The van der Waals surface area contributed by atoms with Gasteiger partial charge in [0, 0.05) is 24.0 Å². The summed E-state index contributed by atoms with van der Waals surface area (Å²) in [5.74, 6) is 0.856. The Balaban J connectivity index is 1.58. The highest BCUT2D eigenvalue weighted by molar-refractivity contribution is 7.98. The summed E-state index contributed by atoms with van der Waals surface area (Å²) in [5, 5.41) is 3.55. The van der Waals surface area contributed by atoms with Gasteiger partial charge in [-0.05, 0) is 68.6 Å². The lowest BCUT2D eigenvalue weighted by atomic mass is 9.98. The highest BCUT2D eigenvalue weighted by Crippen LogP contribution is 2.30. The van der Waals surface area contributed by atoms with E-state index in [1.807, 2.05) is 11.8 Å². The van der Waals surface area contributed by atoms with Crippen molar-refractivity contribution in [2.45, 2.75) is 43.2 Å². The summed E-state index contributed by atoms with van der Waals surface area (Å²) in [6, 6.07) is 9.98. The quantitative estimate of drug-likeness (QED) is 0.809. The Morgan fingerprint density at radius 2 is 2.00 bits per heavy atom. The van der Waals surface area contributed by atoms with E-state index in [0.717, 1.165) is 18.5 Å². The van der Waals surface area contributed by atoms with Crippen molar-refractivity contribution in [1.82, 2.24) is 10.2 Å². The SMILES string of the molecule is CSc1ccc(CN(CC2CCCNC2)C2CC2)cc1. The van der Waals surface area contributed by atoms with Crippen molar-refractivity contribution in [3.05, 3.63) is 29.8 Å². The van der Waals surface area contributed by atoms with Crippen molar-refractivity contribution >= 4 is 11.8 Å². The molecule has 110 valence electrons. The number of piperidine rings is 1. The number of hydrogen-bond donors (Lipinski definition) is 1. The van der Waals surface area contributed by atoms with Gasteiger partial charge in [-0.25, -0.2) is 0 Å². The smallest absolute Gasteiger partial charge is 0.0236 e. The van der Waals surface area contributed by atoms with Gasteiger partial charge in [0.05, 0.1) is 0 Å². The maximum Gasteiger partial charge on any atom is 0.0236 e. The summed E-state index contributed by atoms with van der Waals surface area (Å²) in [4.78, 5) is 4.09. The lowest BCUT2D eigenvalue weighted by Crippen LogP contribution is -2.39. The van der Waals surface area contributed by atoms with Crippen molar-refractivity contribution in [1.29, 1.82) is 0 Å². The van der Waals surface area contributed by atoms with Crippen LogP contribution in [0.5, 0.6) is 0 Å². The summed E-state index contributed by atoms with van der Waals surface area (Å²) in [6.07, 6.45) is 7.71. The summed E-state index contributed by atoms with van der Waals surface area (Å²) in [5.41, 5.74) is 1.47. The molecule has 0 aromatic heterocycles. The van der Waals surface area contributed by atoms with Gasteiger partial charge in [0.25, 0.3) is 0 Å². The fourth-order valence-electron chi connectivity index (χ4n) is 3.16. The van der Waals surface area contributed by atoms with Gasteiger partial charge in [-0.3, -0.25) is 4.90 Å². The Kier molecular flexibility index (Phi) is 5.03. The van der Waals surface area contributed by atoms with Crippen molar-refractivity contribution in [3.63, 3.8) is 0 Å². The molecule has 0 amide bonds. The molecule has 0 bridgehead atoms. The molecule has 2 nitrogen and oxygen atoms in total. The van der Waals surface area contributed by atoms with Crippen LogP contribution in [0.15, 0.2) is 29.2 Å². The monoisotopic (exact) mass is 290 g/mol. The van der Waals surface area contributed by atoms with Crippen LogP contribution in [-0.2, 0) is 6.54 Å². The minimum absolute atomic E-state index is 0.856. The Morgan fingerprint density at radius 1 is 1.20 bits per heavy atom. The van der Waals surface area contributed by atoms with Crippen LogP contribution in [0.2, 0.25) is 0 Å². The molecule has 1 saturated heterocycles. The van der Waals surface area contributed by atoms with Crippen LogP contribution in [0.3, 0.4) is 0 Å². The van der Waals surface area contributed by atoms with Crippen LogP contribution in [0.25, 0.3) is 0 Å². The highest BCUT2D eigenvalue weighted by Gasteiger charge is 2.30. The Hall–Kier alpha value is -0.510. The third kappa shape index (κ3) is 4.00. The molecule has 1 aliphatic heterocycles. The molecule has 20 heavy (non-hydrogen) atoms. The molecule has 3 heteroatoms. The summed E-state index contributed by atoms with van der Waals surface area (Å²) >= 11 is 1.82. The average molecular weight is 290 g/mol. The van der Waals surface area contributed by atoms with Crippen molar-refractivity contribution in [2.24, 2.45) is 5.92 Å². The van der Waals surface area contributed by atoms with Crippen LogP contribution in [0, 0.1) is 5.92 Å². The Bertz CT molecular complexity index is 408. The number of thioether (sulfide) groups is 1. The molecule has 1 aliphatic carbocycles. The minimum atomic E-state index is 0.856. The molecule has 0 spiro atoms. The summed E-state index contributed by atoms with van der Waals surface area (Å²) < 4.78 is 0. The fraction of sp³-hybridized carbons (Fsp3) is 0.647. The standard InChI is InChI=1S/C17H26N2S/c1-20-17-8-4-14(5-9-17)12-19(16-6-7-16)13-15-3-2-10-18-11-15/h4-5,8-9,15-16,18H,2-3,6-7,10-13H2,1H3. The van der Waals surface area contributed by atoms with Gasteiger partial charge in [-0.2, -0.15) is 0 Å². The van der Waals surface area contributed by atoms with Crippen LogP contribution < -0.4 is 5.32 Å². The molecule has 1 heterocycles. The number of rotatable bonds is 6. The molecule has 2 aliphatic rings. The van der Waals surface area contributed by atoms with Crippen LogP contribution in [0.4, 0.5) is 0 Å². The normalized spacial score (nSPS) is 23.2. The van der Waals surface area contributed by atoms with Gasteiger partial charge in [-0.15, -0.1) is 11.8 Å². The number of benzene rings is 1. The van der Waals surface area contributed by atoms with E-state index in [2.05, 4.69) is 40.7 Å². The topological polar surface area (TPSA) is 15.3 Å². The Labute approximate surface area is 127 Å². The third-order valence-corrected chi connectivity index (χ3v) is 5.24. The van der Waals surface area contributed by atoms with E-state index in [9.17, 15) is 0 Å². The average Bonchev–Trinajstić information content (AvgIpc) is 3.33. The predicted octanol–water partition coefficient (Wildman–Crippen LogP) is 3.37. The molecule has 3 rings (SSSR count). The first-order valence-corrected chi connectivity index (χ1v) is 9.15. The van der Waals surface area contributed by atoms with Crippen molar-refractivity contribution in [2.75, 3.05) is 25.9 Å². The largest absolute Gasteiger partial charge is 0.316 e. The second-order valence-corrected chi connectivity index (χ2v) is 7.10. The molecule has 1 aromatic carbocycles. The van der Waals surface area contributed by atoms with Crippen LogP contribution >= 0.6 is 11.8 Å². The van der Waals surface area contributed by atoms with Gasteiger partial charge in [0.2, 0.25) is 0 Å². The first-order chi connectivity index (χ1) is 9.85. The van der Waals surface area contributed by atoms with Crippen molar-refractivity contribution < 1.29 is 0 Å². The molecule has 2 fully saturated rings. The van der Waals surface area contributed by atoms with E-state index in [1.54, 1.807) is 0 Å². The number of nitrogens with one attached hydrogen (secondary N) is 1. The zero-order valence-corrected chi connectivity index (χ0v) is 13.3. The minimum Gasteiger partial charge on any atom is -0.316 e. The molecule has 1 aromatic rings. The predicted molar refractivity (Wildman–Crippen MR) is 87.2 cm³/mol. The van der Waals surface area contributed by atoms with E-state index < -0.39 is 0 Å². The molecular formula is C17H26N2S. The molecule has 1 atom stereocenters. The van der Waals surface area contributed by atoms with Gasteiger partial charge in [0.1, 0.15) is 0 Å². The lowest BCUT2D eigenvalue weighted by Gasteiger charge is -2.30. The van der Waals surface area contributed by atoms with Gasteiger partial charge >= 0.3 is 0 Å². The van der Waals surface area contributed by atoms with Crippen molar-refractivity contribution in [3.8, 4) is 0 Å². The van der Waals surface area contributed by atoms with Gasteiger partial charge < -0.3 is 5.32 Å². The van der Waals surface area contributed by atoms with Gasteiger partial charge in [-0.1, -0.05) is 12.1 Å². The molecule has 1 N–H and O–H groups in total. The molecule has 1 unspecified atom stereocenters. The first kappa shape index (κ1) is 14.4. The van der Waals surface area contributed by atoms with E-state index in [0.29, 0.717) is 0 Å². The maximum absolute atomic E-state index is 3.55. The molecular weight excluding hydrogens is 264 g/mol. The molecule has 1 saturated carbocycles. The van der Waals surface area contributed by atoms with E-state index in [-0.39, 0.29) is 0 Å². The van der Waals surface area contributed by atoms with Gasteiger partial charge in [0.15, 0.2) is 0 Å². The zero-order chi connectivity index (χ0) is 13.8. The summed E-state index contributed by atoms with van der Waals surface area (Å²) in [7, 11) is 0. The third-order valence-electron chi connectivity index (χ3n) is 4.50. The molecule has 0 radical (unpaired) electrons.